The molecule has 0 N–H and O–H groups in total. The van der Waals surface area contributed by atoms with Gasteiger partial charge in [0.1, 0.15) is 5.75 Å². The molecule has 0 atom stereocenters. The lowest BCUT2D eigenvalue weighted by Crippen LogP contribution is -2.22. The molecule has 98 valence electrons. The van der Waals surface area contributed by atoms with Gasteiger partial charge in [0.2, 0.25) is 0 Å². The Morgan fingerprint density at radius 1 is 1.28 bits per heavy atom. The maximum Gasteiger partial charge on any atom is 0.125 e. The fraction of sp³-hybridized carbons (Fsp3) is 0.600. The predicted octanol–water partition coefficient (Wildman–Crippen LogP) is 4.73. The SMILES string of the molecule is ClCC1(Cc2cc(Br)cc3c2OCC3)CCCC1. The minimum Gasteiger partial charge on any atom is -0.493 e. The molecule has 3 rings (SSSR count). The van der Waals surface area contributed by atoms with Crippen LogP contribution in [0.2, 0.25) is 0 Å². The van der Waals surface area contributed by atoms with Crippen molar-refractivity contribution in [3.63, 3.8) is 0 Å². The van der Waals surface area contributed by atoms with Gasteiger partial charge in [-0.3, -0.25) is 0 Å². The van der Waals surface area contributed by atoms with Gasteiger partial charge in [0.25, 0.3) is 0 Å². The van der Waals surface area contributed by atoms with Gasteiger partial charge < -0.3 is 4.74 Å². The summed E-state index contributed by atoms with van der Waals surface area (Å²) >= 11 is 9.87. The second-order valence-electron chi connectivity index (χ2n) is 5.67. The second-order valence-corrected chi connectivity index (χ2v) is 6.85. The predicted molar refractivity (Wildman–Crippen MR) is 78.7 cm³/mol. The molecule has 3 heteroatoms. The smallest absolute Gasteiger partial charge is 0.125 e. The van der Waals surface area contributed by atoms with E-state index < -0.39 is 0 Å². The highest BCUT2D eigenvalue weighted by Crippen LogP contribution is 2.45. The molecule has 1 saturated carbocycles. The Labute approximate surface area is 122 Å². The summed E-state index contributed by atoms with van der Waals surface area (Å²) in [5, 5.41) is 0. The summed E-state index contributed by atoms with van der Waals surface area (Å²) in [4.78, 5) is 0. The Hall–Kier alpha value is -0.210. The minimum atomic E-state index is 0.308. The van der Waals surface area contributed by atoms with Crippen molar-refractivity contribution in [1.29, 1.82) is 0 Å². The number of fused-ring (bicyclic) bond motifs is 1. The van der Waals surface area contributed by atoms with Gasteiger partial charge in [0.15, 0.2) is 0 Å². The lowest BCUT2D eigenvalue weighted by Gasteiger charge is -2.27. The van der Waals surface area contributed by atoms with E-state index in [4.69, 9.17) is 16.3 Å². The van der Waals surface area contributed by atoms with E-state index in [9.17, 15) is 0 Å². The van der Waals surface area contributed by atoms with Crippen LogP contribution in [0.1, 0.15) is 36.8 Å². The van der Waals surface area contributed by atoms with Crippen LogP contribution in [0, 0.1) is 5.41 Å². The molecule has 1 aliphatic heterocycles. The van der Waals surface area contributed by atoms with Crippen molar-refractivity contribution in [3.8, 4) is 5.75 Å². The minimum absolute atomic E-state index is 0.308. The van der Waals surface area contributed by atoms with Gasteiger partial charge in [-0.25, -0.2) is 0 Å². The fourth-order valence-electron chi connectivity index (χ4n) is 3.36. The van der Waals surface area contributed by atoms with Gasteiger partial charge in [-0.1, -0.05) is 28.8 Å². The van der Waals surface area contributed by atoms with E-state index in [2.05, 4.69) is 28.1 Å². The first-order valence-corrected chi connectivity index (χ1v) is 8.05. The van der Waals surface area contributed by atoms with Gasteiger partial charge in [-0.2, -0.15) is 0 Å². The summed E-state index contributed by atoms with van der Waals surface area (Å²) in [5.74, 6) is 1.91. The normalized spacial score (nSPS) is 20.8. The van der Waals surface area contributed by atoms with E-state index in [1.54, 1.807) is 0 Å². The first kappa shape index (κ1) is 12.8. The number of benzene rings is 1. The Bertz CT molecular complexity index is 452. The second kappa shape index (κ2) is 5.05. The Morgan fingerprint density at radius 2 is 2.06 bits per heavy atom. The number of alkyl halides is 1. The van der Waals surface area contributed by atoms with E-state index in [0.29, 0.717) is 5.41 Å². The molecule has 1 aromatic carbocycles. The van der Waals surface area contributed by atoms with E-state index >= 15 is 0 Å². The molecule has 0 amide bonds. The van der Waals surface area contributed by atoms with Crippen LogP contribution in [-0.2, 0) is 12.8 Å². The first-order chi connectivity index (χ1) is 8.72. The van der Waals surface area contributed by atoms with Crippen molar-refractivity contribution in [2.45, 2.75) is 38.5 Å². The molecule has 1 fully saturated rings. The average Bonchev–Trinajstić information content (AvgIpc) is 2.98. The summed E-state index contributed by atoms with van der Waals surface area (Å²) < 4.78 is 6.99. The molecule has 18 heavy (non-hydrogen) atoms. The summed E-state index contributed by atoms with van der Waals surface area (Å²) in [6.45, 7) is 0.826. The molecule has 1 aliphatic carbocycles. The average molecular weight is 330 g/mol. The number of rotatable bonds is 3. The highest BCUT2D eigenvalue weighted by atomic mass is 79.9. The van der Waals surface area contributed by atoms with E-state index in [1.807, 2.05) is 0 Å². The Balaban J connectivity index is 1.92. The van der Waals surface area contributed by atoms with E-state index in [1.165, 1.54) is 41.3 Å². The maximum absolute atomic E-state index is 6.25. The molecule has 1 aromatic rings. The standard InChI is InChI=1S/C15H18BrClO/c16-13-7-11-3-6-18-14(11)12(8-13)9-15(10-17)4-1-2-5-15/h7-8H,1-6,9-10H2. The molecule has 2 aliphatic rings. The van der Waals surface area contributed by atoms with Crippen molar-refractivity contribution >= 4 is 27.5 Å². The summed E-state index contributed by atoms with van der Waals surface area (Å²) in [5.41, 5.74) is 3.00. The zero-order valence-electron chi connectivity index (χ0n) is 10.5. The molecule has 0 bridgehead atoms. The molecular weight excluding hydrogens is 312 g/mol. The largest absolute Gasteiger partial charge is 0.493 e. The van der Waals surface area contributed by atoms with Crippen LogP contribution < -0.4 is 4.74 Å². The van der Waals surface area contributed by atoms with Crippen LogP contribution in [0.25, 0.3) is 0 Å². The number of hydrogen-bond acceptors (Lipinski definition) is 1. The van der Waals surface area contributed by atoms with Crippen LogP contribution in [0.3, 0.4) is 0 Å². The maximum atomic E-state index is 6.25. The lowest BCUT2D eigenvalue weighted by atomic mass is 9.81. The van der Waals surface area contributed by atoms with Crippen molar-refractivity contribution in [2.24, 2.45) is 5.41 Å². The molecule has 1 heterocycles. The Kier molecular flexibility index (Phi) is 3.59. The molecule has 0 saturated heterocycles. The van der Waals surface area contributed by atoms with Crippen molar-refractivity contribution in [2.75, 3.05) is 12.5 Å². The van der Waals surface area contributed by atoms with Crippen LogP contribution in [0.15, 0.2) is 16.6 Å². The third-order valence-corrected chi connectivity index (χ3v) is 5.36. The molecule has 0 unspecified atom stereocenters. The summed E-state index contributed by atoms with van der Waals surface area (Å²) in [6, 6.07) is 4.41. The fourth-order valence-corrected chi connectivity index (χ4v) is 4.28. The Morgan fingerprint density at radius 3 is 2.78 bits per heavy atom. The van der Waals surface area contributed by atoms with Gasteiger partial charge >= 0.3 is 0 Å². The van der Waals surface area contributed by atoms with E-state index in [0.717, 1.165) is 31.1 Å². The van der Waals surface area contributed by atoms with Gasteiger partial charge in [0, 0.05) is 16.8 Å². The van der Waals surface area contributed by atoms with Gasteiger partial charge in [0.05, 0.1) is 6.61 Å². The van der Waals surface area contributed by atoms with Crippen LogP contribution in [0.4, 0.5) is 0 Å². The molecule has 0 radical (unpaired) electrons. The zero-order chi connectivity index (χ0) is 12.6. The number of hydrogen-bond donors (Lipinski definition) is 0. The highest BCUT2D eigenvalue weighted by molar-refractivity contribution is 9.10. The number of ether oxygens (including phenoxy) is 1. The highest BCUT2D eigenvalue weighted by Gasteiger charge is 2.34. The van der Waals surface area contributed by atoms with Gasteiger partial charge in [-0.05, 0) is 47.9 Å². The third-order valence-electron chi connectivity index (χ3n) is 4.34. The van der Waals surface area contributed by atoms with E-state index in [-0.39, 0.29) is 0 Å². The zero-order valence-corrected chi connectivity index (χ0v) is 12.8. The van der Waals surface area contributed by atoms with Gasteiger partial charge in [-0.15, -0.1) is 11.6 Å². The topological polar surface area (TPSA) is 9.23 Å². The molecular formula is C15H18BrClO. The van der Waals surface area contributed by atoms with Crippen molar-refractivity contribution in [1.82, 2.24) is 0 Å². The van der Waals surface area contributed by atoms with Crippen LogP contribution in [0.5, 0.6) is 5.75 Å². The third kappa shape index (κ3) is 2.30. The summed E-state index contributed by atoms with van der Waals surface area (Å²) in [7, 11) is 0. The van der Waals surface area contributed by atoms with Crippen LogP contribution >= 0.6 is 27.5 Å². The monoisotopic (exact) mass is 328 g/mol. The van der Waals surface area contributed by atoms with Crippen molar-refractivity contribution < 1.29 is 4.74 Å². The van der Waals surface area contributed by atoms with Crippen molar-refractivity contribution in [3.05, 3.63) is 27.7 Å². The molecule has 0 spiro atoms. The number of halogens is 2. The quantitative estimate of drug-likeness (QED) is 0.729. The molecule has 0 aromatic heterocycles. The summed E-state index contributed by atoms with van der Waals surface area (Å²) in [6.07, 6.45) is 7.27. The lowest BCUT2D eigenvalue weighted by molar-refractivity contribution is 0.321. The van der Waals surface area contributed by atoms with Crippen LogP contribution in [-0.4, -0.2) is 12.5 Å². The molecule has 1 nitrogen and oxygen atoms in total. The first-order valence-electron chi connectivity index (χ1n) is 6.73.